The average Bonchev–Trinajstić information content (AvgIpc) is 3.35. The highest BCUT2D eigenvalue weighted by Gasteiger charge is 2.19. The maximum Gasteiger partial charge on any atom is 0.141 e. The number of para-hydroxylation sites is 1. The van der Waals surface area contributed by atoms with Gasteiger partial charge in [-0.05, 0) is 55.8 Å². The number of likely N-dealkylation sites (tertiary alicyclic amines) is 1. The Morgan fingerprint density at radius 1 is 1.11 bits per heavy atom. The summed E-state index contributed by atoms with van der Waals surface area (Å²) in [5, 5.41) is 22.8. The summed E-state index contributed by atoms with van der Waals surface area (Å²) in [6, 6.07) is 13.6. The Balaban J connectivity index is 1.47. The van der Waals surface area contributed by atoms with Crippen LogP contribution < -0.4 is 11.1 Å². The molecule has 0 aliphatic carbocycles. The fourth-order valence-corrected chi connectivity index (χ4v) is 4.46. The molecular formula is C26H26FN7O. The van der Waals surface area contributed by atoms with Crippen molar-refractivity contribution in [3.05, 3.63) is 83.1 Å². The Morgan fingerprint density at radius 2 is 1.91 bits per heavy atom. The Kier molecular flexibility index (Phi) is 6.24. The summed E-state index contributed by atoms with van der Waals surface area (Å²) in [4.78, 5) is 15.7. The largest absolute Gasteiger partial charge is 0.508 e. The smallest absolute Gasteiger partial charge is 0.141 e. The van der Waals surface area contributed by atoms with Gasteiger partial charge in [0.2, 0.25) is 0 Å². The lowest BCUT2D eigenvalue weighted by Crippen LogP contribution is -2.21. The molecule has 2 aromatic heterocycles. The molecule has 1 saturated heterocycles. The molecular weight excluding hydrogens is 445 g/mol. The summed E-state index contributed by atoms with van der Waals surface area (Å²) >= 11 is 0. The molecule has 5 N–H and O–H groups in total. The van der Waals surface area contributed by atoms with Gasteiger partial charge in [-0.3, -0.25) is 15.3 Å². The van der Waals surface area contributed by atoms with Crippen molar-refractivity contribution < 1.29 is 9.50 Å². The van der Waals surface area contributed by atoms with Crippen LogP contribution in [0.4, 0.5) is 16.0 Å². The summed E-state index contributed by atoms with van der Waals surface area (Å²) in [6.07, 6.45) is 3.71. The van der Waals surface area contributed by atoms with Crippen molar-refractivity contribution in [2.45, 2.75) is 25.9 Å². The van der Waals surface area contributed by atoms with Crippen molar-refractivity contribution in [2.75, 3.05) is 24.1 Å². The third-order valence-corrected chi connectivity index (χ3v) is 6.21. The molecule has 35 heavy (non-hydrogen) atoms. The monoisotopic (exact) mass is 471 g/mol. The number of aromatic nitrogens is 3. The van der Waals surface area contributed by atoms with Gasteiger partial charge in [-0.15, -0.1) is 0 Å². The maximum atomic E-state index is 13.9. The molecule has 0 amide bonds. The lowest BCUT2D eigenvalue weighted by atomic mass is 10.0. The number of phenolic OH excluding ortho intramolecular Hbond substituents is 1. The number of hydrogen-bond acceptors (Lipinski definition) is 8. The quantitative estimate of drug-likeness (QED) is 0.300. The van der Waals surface area contributed by atoms with Gasteiger partial charge < -0.3 is 16.2 Å². The van der Waals surface area contributed by atoms with Gasteiger partial charge in [-0.2, -0.15) is 0 Å². The van der Waals surface area contributed by atoms with Crippen molar-refractivity contribution in [3.63, 3.8) is 0 Å². The predicted molar refractivity (Wildman–Crippen MR) is 134 cm³/mol. The van der Waals surface area contributed by atoms with E-state index in [9.17, 15) is 9.50 Å². The Bertz CT molecular complexity index is 1380. The van der Waals surface area contributed by atoms with Crippen LogP contribution in [0, 0.1) is 11.2 Å². The van der Waals surface area contributed by atoms with E-state index in [4.69, 9.17) is 16.1 Å². The first-order valence-electron chi connectivity index (χ1n) is 11.5. The molecule has 0 radical (unpaired) electrons. The van der Waals surface area contributed by atoms with Crippen molar-refractivity contribution in [1.82, 2.24) is 19.9 Å². The average molecular weight is 472 g/mol. The molecule has 9 heteroatoms. The molecule has 1 aliphatic heterocycles. The van der Waals surface area contributed by atoms with Gasteiger partial charge in [0.1, 0.15) is 29.5 Å². The molecule has 8 nitrogen and oxygen atoms in total. The van der Waals surface area contributed by atoms with Crippen molar-refractivity contribution in [2.24, 2.45) is 0 Å². The second kappa shape index (κ2) is 9.63. The van der Waals surface area contributed by atoms with E-state index in [0.29, 0.717) is 12.4 Å². The fraction of sp³-hybridized carbons (Fsp3) is 0.231. The minimum absolute atomic E-state index is 0.0881. The number of rotatable bonds is 7. The minimum Gasteiger partial charge on any atom is -0.508 e. The molecule has 3 heterocycles. The van der Waals surface area contributed by atoms with Crippen molar-refractivity contribution in [1.29, 1.82) is 5.41 Å². The van der Waals surface area contributed by atoms with Gasteiger partial charge in [0.25, 0.3) is 0 Å². The van der Waals surface area contributed by atoms with Crippen molar-refractivity contribution in [3.8, 4) is 5.75 Å². The fourth-order valence-electron chi connectivity index (χ4n) is 4.46. The Labute approximate surface area is 202 Å². The van der Waals surface area contributed by atoms with E-state index < -0.39 is 5.82 Å². The minimum atomic E-state index is -0.650. The number of nitrogens with two attached hydrogens (primary N) is 1. The van der Waals surface area contributed by atoms with Crippen LogP contribution in [-0.2, 0) is 13.1 Å². The van der Waals surface area contributed by atoms with Gasteiger partial charge in [0, 0.05) is 30.1 Å². The Morgan fingerprint density at radius 3 is 2.71 bits per heavy atom. The van der Waals surface area contributed by atoms with Crippen LogP contribution in [-0.4, -0.2) is 43.8 Å². The van der Waals surface area contributed by atoms with E-state index in [2.05, 4.69) is 26.3 Å². The molecule has 2 aromatic carbocycles. The molecule has 4 aromatic rings. The first-order chi connectivity index (χ1) is 17.0. The normalized spacial score (nSPS) is 13.9. The lowest BCUT2D eigenvalue weighted by molar-refractivity contribution is 0.326. The third-order valence-electron chi connectivity index (χ3n) is 6.21. The number of nitrogens with one attached hydrogen (secondary N) is 2. The Hall–Kier alpha value is -4.11. The standard InChI is InChI=1S/C26H26FN7O/c27-19-10-17(11-20(35)12-19)24(28)23-25(29)31-15-32-26(23)30-13-18-9-16-5-1-2-6-21(16)33-22(18)14-34-7-3-4-8-34/h1-2,5-6,9-12,15,28,35H,3-4,7-8,13-14H2,(H3,29,30,31,32). The second-order valence-electron chi connectivity index (χ2n) is 8.68. The van der Waals surface area contributed by atoms with Gasteiger partial charge >= 0.3 is 0 Å². The van der Waals surface area contributed by atoms with Gasteiger partial charge in [-0.1, -0.05) is 18.2 Å². The van der Waals surface area contributed by atoms with Gasteiger partial charge in [0.15, 0.2) is 0 Å². The number of phenols is 1. The van der Waals surface area contributed by atoms with Crippen LogP contribution in [0.3, 0.4) is 0 Å². The molecule has 0 spiro atoms. The highest BCUT2D eigenvalue weighted by molar-refractivity contribution is 6.16. The topological polar surface area (TPSA) is 124 Å². The second-order valence-corrected chi connectivity index (χ2v) is 8.68. The van der Waals surface area contributed by atoms with Crippen LogP contribution in [0.1, 0.15) is 35.2 Å². The van der Waals surface area contributed by atoms with E-state index in [1.807, 2.05) is 24.3 Å². The molecule has 0 bridgehead atoms. The lowest BCUT2D eigenvalue weighted by Gasteiger charge is -2.19. The highest BCUT2D eigenvalue weighted by atomic mass is 19.1. The van der Waals surface area contributed by atoms with Gasteiger partial charge in [0.05, 0.1) is 22.5 Å². The number of hydrogen-bond donors (Lipinski definition) is 4. The zero-order valence-corrected chi connectivity index (χ0v) is 19.1. The third kappa shape index (κ3) is 4.90. The summed E-state index contributed by atoms with van der Waals surface area (Å²) in [7, 11) is 0. The van der Waals surface area contributed by atoms with E-state index in [1.54, 1.807) is 0 Å². The van der Waals surface area contributed by atoms with E-state index in [1.165, 1.54) is 31.3 Å². The summed E-state index contributed by atoms with van der Waals surface area (Å²) < 4.78 is 13.9. The first kappa shape index (κ1) is 22.7. The maximum absolute atomic E-state index is 13.9. The van der Waals surface area contributed by atoms with Crippen LogP contribution >= 0.6 is 0 Å². The molecule has 1 aliphatic rings. The molecule has 0 saturated carbocycles. The molecule has 0 unspecified atom stereocenters. The SMILES string of the molecule is N=C(c1cc(O)cc(F)c1)c1c(N)ncnc1NCc1cc2ccccc2nc1CN1CCCC1. The van der Waals surface area contributed by atoms with Crippen LogP contribution in [0.25, 0.3) is 10.9 Å². The first-order valence-corrected chi connectivity index (χ1v) is 11.5. The molecule has 1 fully saturated rings. The molecule has 178 valence electrons. The highest BCUT2D eigenvalue weighted by Crippen LogP contribution is 2.26. The van der Waals surface area contributed by atoms with E-state index in [0.717, 1.165) is 47.9 Å². The zero-order valence-electron chi connectivity index (χ0n) is 19.1. The molecule has 5 rings (SSSR count). The number of fused-ring (bicyclic) bond motifs is 1. The number of aromatic hydroxyl groups is 1. The number of anilines is 2. The van der Waals surface area contributed by atoms with Crippen LogP contribution in [0.15, 0.2) is 54.9 Å². The van der Waals surface area contributed by atoms with E-state index in [-0.39, 0.29) is 28.4 Å². The van der Waals surface area contributed by atoms with Crippen LogP contribution in [0.5, 0.6) is 5.75 Å². The predicted octanol–water partition coefficient (Wildman–Crippen LogP) is 4.08. The van der Waals surface area contributed by atoms with E-state index >= 15 is 0 Å². The summed E-state index contributed by atoms with van der Waals surface area (Å²) in [6.45, 7) is 3.29. The number of nitrogens with zero attached hydrogens (tertiary/aromatic N) is 4. The van der Waals surface area contributed by atoms with Crippen LogP contribution in [0.2, 0.25) is 0 Å². The van der Waals surface area contributed by atoms with Crippen molar-refractivity contribution >= 4 is 28.3 Å². The zero-order chi connectivity index (χ0) is 24.4. The number of halogens is 1. The molecule has 0 atom stereocenters. The summed E-state index contributed by atoms with van der Waals surface area (Å²) in [5.41, 5.74) is 9.40. The number of pyridine rings is 1. The number of benzene rings is 2. The van der Waals surface area contributed by atoms with Gasteiger partial charge in [-0.25, -0.2) is 14.4 Å². The summed E-state index contributed by atoms with van der Waals surface area (Å²) in [5.74, 6) is -0.483. The number of nitrogen functional groups attached to an aromatic ring is 1.